The minimum atomic E-state index is -0.750. The summed E-state index contributed by atoms with van der Waals surface area (Å²) in [6.07, 6.45) is 2.67. The Bertz CT molecular complexity index is 1440. The van der Waals surface area contributed by atoms with Crippen molar-refractivity contribution in [1.82, 2.24) is 9.55 Å². The number of hydrogen-bond donors (Lipinski definition) is 1. The van der Waals surface area contributed by atoms with Gasteiger partial charge in [0.2, 0.25) is 5.91 Å². The summed E-state index contributed by atoms with van der Waals surface area (Å²) in [4.78, 5) is 44.3. The smallest absolute Gasteiger partial charge is 0.348 e. The molecule has 1 atom stereocenters. The maximum atomic E-state index is 13.4. The fourth-order valence-electron chi connectivity index (χ4n) is 3.99. The fourth-order valence-corrected chi connectivity index (χ4v) is 5.02. The number of nitrogens with one attached hydrogen (secondary N) is 1. The monoisotopic (exact) mass is 519 g/mol. The van der Waals surface area contributed by atoms with Crippen LogP contribution in [-0.4, -0.2) is 34.6 Å². The molecule has 2 aromatic heterocycles. The number of esters is 1. The second-order valence-electron chi connectivity index (χ2n) is 8.45. The van der Waals surface area contributed by atoms with E-state index in [0.717, 1.165) is 17.8 Å². The molecule has 8 nitrogen and oxygen atoms in total. The van der Waals surface area contributed by atoms with Crippen LogP contribution in [0.4, 0.5) is 5.69 Å². The van der Waals surface area contributed by atoms with E-state index in [1.165, 1.54) is 16.5 Å². The zero-order chi connectivity index (χ0) is 26.4. The molecule has 1 N–H and O–H groups in total. The van der Waals surface area contributed by atoms with Crippen LogP contribution in [0.25, 0.3) is 10.2 Å². The van der Waals surface area contributed by atoms with Gasteiger partial charge in [-0.3, -0.25) is 14.2 Å². The zero-order valence-corrected chi connectivity index (χ0v) is 21.8. The van der Waals surface area contributed by atoms with E-state index in [4.69, 9.17) is 9.47 Å². The van der Waals surface area contributed by atoms with Gasteiger partial charge in [0.15, 0.2) is 0 Å². The third kappa shape index (κ3) is 5.89. The molecule has 0 bridgehead atoms. The van der Waals surface area contributed by atoms with Crippen molar-refractivity contribution in [3.8, 4) is 5.75 Å². The van der Waals surface area contributed by atoms with Crippen LogP contribution >= 0.6 is 11.3 Å². The van der Waals surface area contributed by atoms with Gasteiger partial charge in [0.25, 0.3) is 5.56 Å². The number of nitrogens with zero attached hydrogens (tertiary/aromatic N) is 2. The summed E-state index contributed by atoms with van der Waals surface area (Å²) < 4.78 is 12.3. The molecule has 1 unspecified atom stereocenters. The average molecular weight is 520 g/mol. The van der Waals surface area contributed by atoms with Gasteiger partial charge in [0, 0.05) is 5.69 Å². The highest BCUT2D eigenvalue weighted by Gasteiger charge is 2.25. The van der Waals surface area contributed by atoms with Crippen molar-refractivity contribution in [2.45, 2.75) is 39.7 Å². The van der Waals surface area contributed by atoms with Gasteiger partial charge in [-0.15, -0.1) is 11.3 Å². The molecule has 0 fully saturated rings. The van der Waals surface area contributed by atoms with E-state index >= 15 is 0 Å². The van der Waals surface area contributed by atoms with Crippen LogP contribution in [0.1, 0.15) is 47.1 Å². The maximum Gasteiger partial charge on any atom is 0.348 e. The van der Waals surface area contributed by atoms with Crippen molar-refractivity contribution in [3.63, 3.8) is 0 Å². The Labute approximate surface area is 218 Å². The number of thiophene rings is 1. The highest BCUT2D eigenvalue weighted by Crippen LogP contribution is 2.28. The molecule has 2 heterocycles. The molecule has 4 aromatic rings. The van der Waals surface area contributed by atoms with Crippen LogP contribution < -0.4 is 15.6 Å². The van der Waals surface area contributed by atoms with E-state index in [1.807, 2.05) is 61.5 Å². The number of carbonyl (C=O) groups excluding carboxylic acids is 2. The van der Waals surface area contributed by atoms with E-state index in [-0.39, 0.29) is 24.7 Å². The van der Waals surface area contributed by atoms with Crippen molar-refractivity contribution in [1.29, 1.82) is 0 Å². The predicted octanol–water partition coefficient (Wildman–Crippen LogP) is 5.15. The lowest BCUT2D eigenvalue weighted by Gasteiger charge is -2.17. The van der Waals surface area contributed by atoms with E-state index in [2.05, 4.69) is 17.2 Å². The van der Waals surface area contributed by atoms with Gasteiger partial charge < -0.3 is 14.8 Å². The number of amides is 1. The molecule has 9 heteroatoms. The standard InChI is InChI=1S/C28H29N3O5S/c1-4-19-11-13-20(14-12-19)30-25(32)22(5-2)31-17-29-26-23(27(31)33)18(3)24(37-26)28(34)36-16-15-35-21-9-7-6-8-10-21/h6-14,17,22H,4-5,15-16H2,1-3H3,(H,30,32). The first-order valence-corrected chi connectivity index (χ1v) is 13.0. The lowest BCUT2D eigenvalue weighted by atomic mass is 10.1. The van der Waals surface area contributed by atoms with Crippen LogP contribution in [0.2, 0.25) is 0 Å². The molecule has 1 amide bonds. The number of aromatic nitrogens is 2. The highest BCUT2D eigenvalue weighted by atomic mass is 32.1. The Kier molecular flexibility index (Phi) is 8.35. The van der Waals surface area contributed by atoms with E-state index in [9.17, 15) is 14.4 Å². The number of hydrogen-bond acceptors (Lipinski definition) is 7. The Morgan fingerprint density at radius 3 is 2.46 bits per heavy atom. The van der Waals surface area contributed by atoms with Crippen molar-refractivity contribution in [2.75, 3.05) is 18.5 Å². The molecule has 4 rings (SSSR count). The summed E-state index contributed by atoms with van der Waals surface area (Å²) in [5.41, 5.74) is 1.96. The van der Waals surface area contributed by atoms with Crippen LogP contribution in [-0.2, 0) is 16.0 Å². The van der Waals surface area contributed by atoms with E-state index < -0.39 is 12.0 Å². The number of rotatable bonds is 10. The normalized spacial score (nSPS) is 11.8. The number of benzene rings is 2. The van der Waals surface area contributed by atoms with Gasteiger partial charge in [-0.2, -0.15) is 0 Å². The van der Waals surface area contributed by atoms with Crippen molar-refractivity contribution in [2.24, 2.45) is 0 Å². The molecular weight excluding hydrogens is 490 g/mol. The van der Waals surface area contributed by atoms with Gasteiger partial charge in [-0.25, -0.2) is 9.78 Å². The zero-order valence-electron chi connectivity index (χ0n) is 21.0. The summed E-state index contributed by atoms with van der Waals surface area (Å²) in [5.74, 6) is -0.154. The van der Waals surface area contributed by atoms with Crippen molar-refractivity contribution in [3.05, 3.63) is 87.3 Å². The molecule has 0 aliphatic rings. The van der Waals surface area contributed by atoms with Gasteiger partial charge in [0.05, 0.1) is 11.7 Å². The molecule has 2 aromatic carbocycles. The molecule has 37 heavy (non-hydrogen) atoms. The predicted molar refractivity (Wildman–Crippen MR) is 145 cm³/mol. The topological polar surface area (TPSA) is 99.5 Å². The number of carbonyl (C=O) groups is 2. The third-order valence-corrected chi connectivity index (χ3v) is 7.22. The molecular formula is C28H29N3O5S. The summed E-state index contributed by atoms with van der Waals surface area (Å²) in [6.45, 7) is 5.87. The number of aryl methyl sites for hydroxylation is 2. The molecule has 0 radical (unpaired) electrons. The van der Waals surface area contributed by atoms with Gasteiger partial charge in [-0.1, -0.05) is 44.2 Å². The summed E-state index contributed by atoms with van der Waals surface area (Å²) in [6, 6.07) is 16.1. The Morgan fingerprint density at radius 1 is 1.05 bits per heavy atom. The highest BCUT2D eigenvalue weighted by molar-refractivity contribution is 7.20. The fraction of sp³-hybridized carbons (Fsp3) is 0.286. The minimum Gasteiger partial charge on any atom is -0.490 e. The van der Waals surface area contributed by atoms with Crippen molar-refractivity contribution < 1.29 is 19.1 Å². The lowest BCUT2D eigenvalue weighted by Crippen LogP contribution is -2.33. The van der Waals surface area contributed by atoms with Crippen LogP contribution in [0, 0.1) is 6.92 Å². The first-order chi connectivity index (χ1) is 17.9. The quantitative estimate of drug-likeness (QED) is 0.230. The van der Waals surface area contributed by atoms with E-state index in [0.29, 0.717) is 38.5 Å². The molecule has 0 aliphatic heterocycles. The number of fused-ring (bicyclic) bond motifs is 1. The second kappa shape index (κ2) is 11.8. The van der Waals surface area contributed by atoms with Crippen molar-refractivity contribution >= 4 is 39.1 Å². The second-order valence-corrected chi connectivity index (χ2v) is 9.45. The Morgan fingerprint density at radius 2 is 1.78 bits per heavy atom. The Balaban J connectivity index is 1.49. The third-order valence-electron chi connectivity index (χ3n) is 6.04. The largest absolute Gasteiger partial charge is 0.490 e. The van der Waals surface area contributed by atoms with Crippen LogP contribution in [0.5, 0.6) is 5.75 Å². The molecule has 0 spiro atoms. The summed E-state index contributed by atoms with van der Waals surface area (Å²) in [7, 11) is 0. The average Bonchev–Trinajstić information content (AvgIpc) is 3.26. The SMILES string of the molecule is CCc1ccc(NC(=O)C(CC)n2cnc3sc(C(=O)OCCOc4ccccc4)c(C)c3c2=O)cc1. The number of anilines is 1. The molecule has 0 aliphatic carbocycles. The van der Waals surface area contributed by atoms with E-state index in [1.54, 1.807) is 6.92 Å². The molecule has 0 saturated carbocycles. The molecule has 0 saturated heterocycles. The van der Waals surface area contributed by atoms with Gasteiger partial charge in [-0.05, 0) is 55.2 Å². The van der Waals surface area contributed by atoms with Gasteiger partial charge in [0.1, 0.15) is 34.7 Å². The summed E-state index contributed by atoms with van der Waals surface area (Å²) in [5, 5.41) is 3.20. The maximum absolute atomic E-state index is 13.4. The van der Waals surface area contributed by atoms with Gasteiger partial charge >= 0.3 is 5.97 Å². The molecule has 192 valence electrons. The first kappa shape index (κ1) is 26.1. The Hall–Kier alpha value is -3.98. The lowest BCUT2D eigenvalue weighted by molar-refractivity contribution is -0.119. The number of ether oxygens (including phenoxy) is 2. The van der Waals surface area contributed by atoms with Crippen LogP contribution in [0.3, 0.4) is 0 Å². The minimum absolute atomic E-state index is 0.0659. The number of para-hydroxylation sites is 1. The summed E-state index contributed by atoms with van der Waals surface area (Å²) >= 11 is 1.10. The van der Waals surface area contributed by atoms with Crippen LogP contribution in [0.15, 0.2) is 65.7 Å². The first-order valence-electron chi connectivity index (χ1n) is 12.2.